The number of aromatic nitrogens is 4. The van der Waals surface area contributed by atoms with Crippen LogP contribution in [0.1, 0.15) is 28.8 Å². The van der Waals surface area contributed by atoms with E-state index in [2.05, 4.69) is 60.6 Å². The summed E-state index contributed by atoms with van der Waals surface area (Å²) in [6.07, 6.45) is 4.94. The third-order valence-corrected chi connectivity index (χ3v) is 5.97. The molecule has 146 valence electrons. The average Bonchev–Trinajstić information content (AvgIpc) is 3.26. The standard InChI is InChI=1S/C23H16BrN5O/c24-16-7-3-5-14(11-16)22-19-20(17-8-1-2-9-18(17)30-22)28-23-26-13-27-29(23)21(19)15-6-4-10-25-12-15/h1-13,21-22H,(H,26,27,28)/t21-,22+/m0/s1. The molecule has 2 aromatic heterocycles. The lowest BCUT2D eigenvalue weighted by molar-refractivity contribution is 0.223. The van der Waals surface area contributed by atoms with Crippen LogP contribution < -0.4 is 10.1 Å². The van der Waals surface area contributed by atoms with Gasteiger partial charge in [-0.25, -0.2) is 4.68 Å². The average molecular weight is 458 g/mol. The quantitative estimate of drug-likeness (QED) is 0.458. The highest BCUT2D eigenvalue weighted by molar-refractivity contribution is 9.10. The van der Waals surface area contributed by atoms with Gasteiger partial charge in [-0.15, -0.1) is 0 Å². The third kappa shape index (κ3) is 2.66. The minimum absolute atomic E-state index is 0.190. The van der Waals surface area contributed by atoms with Crippen LogP contribution in [-0.2, 0) is 0 Å². The van der Waals surface area contributed by atoms with E-state index < -0.39 is 0 Å². The van der Waals surface area contributed by atoms with E-state index in [-0.39, 0.29) is 12.1 Å². The summed E-state index contributed by atoms with van der Waals surface area (Å²) < 4.78 is 9.49. The summed E-state index contributed by atoms with van der Waals surface area (Å²) in [5.74, 6) is 1.54. The van der Waals surface area contributed by atoms with Crippen molar-refractivity contribution in [3.63, 3.8) is 0 Å². The van der Waals surface area contributed by atoms with Gasteiger partial charge in [-0.05, 0) is 41.5 Å². The van der Waals surface area contributed by atoms with Crippen molar-refractivity contribution in [3.05, 3.63) is 106 Å². The number of rotatable bonds is 2. The van der Waals surface area contributed by atoms with Crippen LogP contribution in [0.3, 0.4) is 0 Å². The molecular formula is C23H16BrN5O. The molecule has 0 radical (unpaired) electrons. The number of nitrogens with zero attached hydrogens (tertiary/aromatic N) is 4. The van der Waals surface area contributed by atoms with Crippen molar-refractivity contribution in [3.8, 4) is 5.75 Å². The van der Waals surface area contributed by atoms with Gasteiger partial charge in [-0.2, -0.15) is 10.1 Å². The molecule has 0 amide bonds. The number of para-hydroxylation sites is 1. The maximum Gasteiger partial charge on any atom is 0.226 e. The van der Waals surface area contributed by atoms with Gasteiger partial charge in [0.15, 0.2) is 0 Å². The molecule has 6 rings (SSSR count). The van der Waals surface area contributed by atoms with Crippen LogP contribution in [0.4, 0.5) is 5.95 Å². The van der Waals surface area contributed by atoms with Crippen molar-refractivity contribution < 1.29 is 4.74 Å². The number of pyridine rings is 1. The smallest absolute Gasteiger partial charge is 0.226 e. The zero-order valence-electron chi connectivity index (χ0n) is 15.7. The fourth-order valence-corrected chi connectivity index (χ4v) is 4.64. The molecule has 7 heteroatoms. The molecular weight excluding hydrogens is 442 g/mol. The van der Waals surface area contributed by atoms with Crippen molar-refractivity contribution in [2.75, 3.05) is 5.32 Å². The van der Waals surface area contributed by atoms with E-state index >= 15 is 0 Å². The van der Waals surface area contributed by atoms with Crippen LogP contribution in [0.15, 0.2) is 89.4 Å². The van der Waals surface area contributed by atoms with Gasteiger partial charge in [0, 0.05) is 28.0 Å². The number of fused-ring (bicyclic) bond motifs is 3. The largest absolute Gasteiger partial charge is 0.480 e. The molecule has 6 nitrogen and oxygen atoms in total. The van der Waals surface area contributed by atoms with Crippen LogP contribution in [-0.4, -0.2) is 19.7 Å². The molecule has 1 N–H and O–H groups in total. The molecule has 2 atom stereocenters. The molecule has 0 bridgehead atoms. The highest BCUT2D eigenvalue weighted by atomic mass is 79.9. The Balaban J connectivity index is 1.64. The van der Waals surface area contributed by atoms with Gasteiger partial charge in [-0.1, -0.05) is 46.3 Å². The summed E-state index contributed by atoms with van der Waals surface area (Å²) in [6.45, 7) is 0. The van der Waals surface area contributed by atoms with E-state index in [0.29, 0.717) is 5.95 Å². The molecule has 0 saturated heterocycles. The molecule has 2 aliphatic heterocycles. The number of nitrogens with one attached hydrogen (secondary N) is 1. The zero-order valence-corrected chi connectivity index (χ0v) is 17.3. The number of hydrogen-bond acceptors (Lipinski definition) is 5. The highest BCUT2D eigenvalue weighted by Gasteiger charge is 2.40. The van der Waals surface area contributed by atoms with Crippen molar-refractivity contribution in [1.82, 2.24) is 19.7 Å². The SMILES string of the molecule is Brc1cccc([C@H]2Oc3ccccc3C3=C2[C@H](c2cccnc2)n2ncnc2N3)c1. The first-order valence-electron chi connectivity index (χ1n) is 9.61. The molecule has 0 spiro atoms. The second kappa shape index (κ2) is 6.81. The Morgan fingerprint density at radius 2 is 1.90 bits per heavy atom. The normalized spacial score (nSPS) is 19.2. The van der Waals surface area contributed by atoms with Crippen molar-refractivity contribution in [1.29, 1.82) is 0 Å². The van der Waals surface area contributed by atoms with Gasteiger partial charge in [0.1, 0.15) is 24.2 Å². The molecule has 30 heavy (non-hydrogen) atoms. The van der Waals surface area contributed by atoms with Gasteiger partial charge >= 0.3 is 0 Å². The summed E-state index contributed by atoms with van der Waals surface area (Å²) in [4.78, 5) is 8.80. The van der Waals surface area contributed by atoms with Gasteiger partial charge in [-0.3, -0.25) is 4.98 Å². The van der Waals surface area contributed by atoms with Crippen LogP contribution in [0.2, 0.25) is 0 Å². The van der Waals surface area contributed by atoms with E-state index in [4.69, 9.17) is 4.74 Å². The Kier molecular flexibility index (Phi) is 3.95. The Morgan fingerprint density at radius 3 is 2.77 bits per heavy atom. The summed E-state index contributed by atoms with van der Waals surface area (Å²) >= 11 is 3.60. The third-order valence-electron chi connectivity index (χ3n) is 5.47. The predicted molar refractivity (Wildman–Crippen MR) is 117 cm³/mol. The van der Waals surface area contributed by atoms with Gasteiger partial charge < -0.3 is 10.1 Å². The Morgan fingerprint density at radius 1 is 1.00 bits per heavy atom. The second-order valence-electron chi connectivity index (χ2n) is 7.22. The lowest BCUT2D eigenvalue weighted by Crippen LogP contribution is -2.32. The van der Waals surface area contributed by atoms with Gasteiger partial charge in [0.2, 0.25) is 5.95 Å². The predicted octanol–water partition coefficient (Wildman–Crippen LogP) is 5.00. The molecule has 2 aliphatic rings. The fraction of sp³-hybridized carbons (Fsp3) is 0.0870. The van der Waals surface area contributed by atoms with E-state index in [1.807, 2.05) is 47.3 Å². The van der Waals surface area contributed by atoms with Gasteiger partial charge in [0.05, 0.1) is 5.70 Å². The van der Waals surface area contributed by atoms with Crippen LogP contribution in [0, 0.1) is 0 Å². The first-order chi connectivity index (χ1) is 14.8. The number of benzene rings is 2. The summed E-state index contributed by atoms with van der Waals surface area (Å²) in [7, 11) is 0. The fourth-order valence-electron chi connectivity index (χ4n) is 4.22. The topological polar surface area (TPSA) is 64.9 Å². The maximum absolute atomic E-state index is 6.59. The number of hydrogen-bond donors (Lipinski definition) is 1. The Hall–Kier alpha value is -3.45. The molecule has 4 heterocycles. The summed E-state index contributed by atoms with van der Waals surface area (Å²) in [5, 5.41) is 8.03. The summed E-state index contributed by atoms with van der Waals surface area (Å²) in [6, 6.07) is 20.1. The second-order valence-corrected chi connectivity index (χ2v) is 8.14. The van der Waals surface area contributed by atoms with Crippen LogP contribution in [0.5, 0.6) is 5.75 Å². The lowest BCUT2D eigenvalue weighted by atomic mass is 9.85. The Bertz CT molecular complexity index is 1280. The van der Waals surface area contributed by atoms with Crippen LogP contribution in [0.25, 0.3) is 5.70 Å². The van der Waals surface area contributed by atoms with Gasteiger partial charge in [0.25, 0.3) is 0 Å². The molecule has 0 unspecified atom stereocenters. The number of ether oxygens (including phenoxy) is 1. The number of anilines is 1. The first-order valence-corrected chi connectivity index (χ1v) is 10.4. The molecule has 0 fully saturated rings. The molecule has 0 aliphatic carbocycles. The maximum atomic E-state index is 6.59. The molecule has 0 saturated carbocycles. The van der Waals surface area contributed by atoms with Crippen LogP contribution >= 0.6 is 15.9 Å². The molecule has 2 aromatic carbocycles. The first kappa shape index (κ1) is 17.4. The van der Waals surface area contributed by atoms with Crippen molar-refractivity contribution in [2.45, 2.75) is 12.1 Å². The minimum atomic E-state index is -0.289. The lowest BCUT2D eigenvalue weighted by Gasteiger charge is -2.38. The number of halogens is 1. The zero-order chi connectivity index (χ0) is 20.1. The van der Waals surface area contributed by atoms with Crippen molar-refractivity contribution >= 4 is 27.6 Å². The van der Waals surface area contributed by atoms with Crippen molar-refractivity contribution in [2.24, 2.45) is 0 Å². The summed E-state index contributed by atoms with van der Waals surface area (Å²) in [5.41, 5.74) is 5.20. The monoisotopic (exact) mass is 457 g/mol. The molecule has 4 aromatic rings. The van der Waals surface area contributed by atoms with E-state index in [0.717, 1.165) is 38.2 Å². The van der Waals surface area contributed by atoms with E-state index in [9.17, 15) is 0 Å². The Labute approximate surface area is 181 Å². The highest BCUT2D eigenvalue weighted by Crippen LogP contribution is 2.50. The minimum Gasteiger partial charge on any atom is -0.480 e. The van der Waals surface area contributed by atoms with E-state index in [1.165, 1.54) is 0 Å². The van der Waals surface area contributed by atoms with E-state index in [1.54, 1.807) is 12.5 Å².